The smallest absolute Gasteiger partial charge is 0.472 e. The van der Waals surface area contributed by atoms with E-state index in [-0.39, 0.29) is 23.7 Å². The molecule has 14 heteroatoms. The van der Waals surface area contributed by atoms with Crippen molar-refractivity contribution in [2.75, 3.05) is 30.3 Å². The lowest BCUT2D eigenvalue weighted by Crippen LogP contribution is -2.30. The van der Waals surface area contributed by atoms with Gasteiger partial charge in [0, 0.05) is 48.2 Å². The van der Waals surface area contributed by atoms with Gasteiger partial charge in [0.05, 0.1) is 24.8 Å². The van der Waals surface area contributed by atoms with E-state index in [1.807, 2.05) is 6.92 Å². The van der Waals surface area contributed by atoms with Gasteiger partial charge in [-0.25, -0.2) is 4.98 Å². The lowest BCUT2D eigenvalue weighted by Gasteiger charge is -2.18. The number of imidazole rings is 1. The van der Waals surface area contributed by atoms with E-state index in [0.717, 1.165) is 0 Å². The molecule has 1 amide bonds. The fourth-order valence-corrected chi connectivity index (χ4v) is 5.85. The summed E-state index contributed by atoms with van der Waals surface area (Å²) in [5.41, 5.74) is -2.84. The van der Waals surface area contributed by atoms with E-state index in [4.69, 9.17) is 9.40 Å². The highest BCUT2D eigenvalue weighted by Gasteiger charge is 2.46. The van der Waals surface area contributed by atoms with Crippen molar-refractivity contribution in [2.45, 2.75) is 32.3 Å². The van der Waals surface area contributed by atoms with Gasteiger partial charge in [0.2, 0.25) is 0 Å². The second-order valence-corrected chi connectivity index (χ2v) is 11.5. The molecule has 40 heavy (non-hydrogen) atoms. The Balaban J connectivity index is 1.99. The molecule has 0 unspecified atom stereocenters. The molecule has 0 atom stereocenters. The topological polar surface area (TPSA) is 109 Å². The molecular weight excluding hydrogens is 615 g/mol. The fourth-order valence-electron chi connectivity index (χ4n) is 4.50. The van der Waals surface area contributed by atoms with Crippen LogP contribution in [0.3, 0.4) is 0 Å². The molecule has 214 valence electrons. The summed E-state index contributed by atoms with van der Waals surface area (Å²) in [5, 5.41) is 2.82. The SMILES string of the molecule is CCNC(=O)c1c(N(C)C)nc(CC)n1Cc1c2ccocc-2c(Br)c1-c1ccccc1NS(=O)(=O)C(F)(F)F. The first-order chi connectivity index (χ1) is 18.8. The summed E-state index contributed by atoms with van der Waals surface area (Å²) in [5.74, 6) is 0.754. The summed E-state index contributed by atoms with van der Waals surface area (Å²) in [6.07, 6.45) is 3.44. The molecule has 2 heterocycles. The molecular formula is C26H27BrF3N5O4S. The molecule has 1 aromatic carbocycles. The minimum Gasteiger partial charge on any atom is -0.472 e. The number of aromatic nitrogens is 2. The summed E-state index contributed by atoms with van der Waals surface area (Å²) in [4.78, 5) is 19.7. The molecule has 0 fully saturated rings. The molecule has 0 saturated heterocycles. The highest BCUT2D eigenvalue weighted by Crippen LogP contribution is 2.48. The molecule has 0 spiro atoms. The zero-order chi connectivity index (χ0) is 29.4. The van der Waals surface area contributed by atoms with Gasteiger partial charge in [-0.2, -0.15) is 21.6 Å². The van der Waals surface area contributed by atoms with Gasteiger partial charge in [-0.15, -0.1) is 0 Å². The molecule has 1 aromatic heterocycles. The monoisotopic (exact) mass is 641 g/mol. The van der Waals surface area contributed by atoms with Crippen molar-refractivity contribution >= 4 is 43.4 Å². The average molecular weight is 642 g/mol. The predicted octanol–water partition coefficient (Wildman–Crippen LogP) is 5.70. The van der Waals surface area contributed by atoms with Crippen LogP contribution in [0.4, 0.5) is 24.7 Å². The zero-order valence-corrected chi connectivity index (χ0v) is 24.5. The number of alkyl halides is 3. The van der Waals surface area contributed by atoms with Crippen LogP contribution < -0.4 is 14.9 Å². The van der Waals surface area contributed by atoms with E-state index < -0.39 is 15.5 Å². The van der Waals surface area contributed by atoms with Gasteiger partial charge in [0.25, 0.3) is 5.91 Å². The largest absolute Gasteiger partial charge is 0.516 e. The molecule has 0 saturated carbocycles. The van der Waals surface area contributed by atoms with E-state index in [0.29, 0.717) is 57.0 Å². The molecule has 0 bridgehead atoms. The minimum absolute atomic E-state index is 0.109. The van der Waals surface area contributed by atoms with Crippen molar-refractivity contribution in [2.24, 2.45) is 0 Å². The number of benzene rings is 1. The maximum absolute atomic E-state index is 13.3. The number of hydrogen-bond acceptors (Lipinski definition) is 6. The minimum atomic E-state index is -5.69. The van der Waals surface area contributed by atoms with Gasteiger partial charge in [0.1, 0.15) is 5.82 Å². The van der Waals surface area contributed by atoms with Gasteiger partial charge >= 0.3 is 15.5 Å². The Kier molecular flexibility index (Phi) is 8.22. The molecule has 9 nitrogen and oxygen atoms in total. The Morgan fingerprint density at radius 3 is 2.45 bits per heavy atom. The molecule has 2 aliphatic rings. The van der Waals surface area contributed by atoms with E-state index in [1.54, 1.807) is 47.3 Å². The van der Waals surface area contributed by atoms with Crippen molar-refractivity contribution in [3.63, 3.8) is 0 Å². The number of carbonyl (C=O) groups excluding carboxylic acids is 1. The lowest BCUT2D eigenvalue weighted by molar-refractivity contribution is -0.0429. The van der Waals surface area contributed by atoms with Gasteiger partial charge in [-0.1, -0.05) is 25.1 Å². The number of nitrogens with one attached hydrogen (secondary N) is 2. The number of amides is 1. The van der Waals surface area contributed by atoms with Gasteiger partial charge < -0.3 is 19.2 Å². The molecule has 1 aliphatic carbocycles. The third-order valence-corrected chi connectivity index (χ3v) is 8.18. The number of rotatable bonds is 9. The van der Waals surface area contributed by atoms with E-state index in [1.165, 1.54) is 30.7 Å². The first-order valence-corrected chi connectivity index (χ1v) is 14.5. The van der Waals surface area contributed by atoms with Crippen molar-refractivity contribution in [1.82, 2.24) is 14.9 Å². The van der Waals surface area contributed by atoms with Crippen LogP contribution >= 0.6 is 15.9 Å². The fraction of sp³-hybridized carbons (Fsp3) is 0.308. The molecule has 4 rings (SSSR count). The van der Waals surface area contributed by atoms with Gasteiger partial charge in [0.15, 0.2) is 11.5 Å². The van der Waals surface area contributed by atoms with E-state index in [9.17, 15) is 26.4 Å². The summed E-state index contributed by atoms with van der Waals surface area (Å²) in [7, 11) is -2.14. The standard InChI is InChI=1S/C26H27BrF3N5O4S/c1-5-20-32-24(34(3)4)23(25(36)31-6-2)35(20)13-17-15-11-12-39-14-18(15)22(27)21(17)16-9-7-8-10-19(16)33-40(37,38)26(28,29)30/h7-12,14,33H,5-6,13H2,1-4H3,(H,31,36). The molecule has 0 radical (unpaired) electrons. The van der Waals surface area contributed by atoms with Crippen LogP contribution in [0.5, 0.6) is 0 Å². The van der Waals surface area contributed by atoms with Crippen molar-refractivity contribution in [3.05, 3.63) is 64.4 Å². The van der Waals surface area contributed by atoms with Crippen LogP contribution in [0.2, 0.25) is 0 Å². The van der Waals surface area contributed by atoms with Gasteiger partial charge in [-0.3, -0.25) is 9.52 Å². The third-order valence-electron chi connectivity index (χ3n) is 6.25. The summed E-state index contributed by atoms with van der Waals surface area (Å²) < 4.78 is 73.3. The average Bonchev–Trinajstić information content (AvgIpc) is 3.39. The molecule has 2 N–H and O–H groups in total. The van der Waals surface area contributed by atoms with Crippen LogP contribution in [0.25, 0.3) is 22.3 Å². The molecule has 2 aromatic rings. The highest BCUT2D eigenvalue weighted by atomic mass is 79.9. The maximum Gasteiger partial charge on any atom is 0.516 e. The number of carbonyl (C=O) groups is 1. The number of sulfonamides is 1. The van der Waals surface area contributed by atoms with E-state index in [2.05, 4.69) is 21.2 Å². The van der Waals surface area contributed by atoms with Crippen molar-refractivity contribution in [1.29, 1.82) is 0 Å². The summed E-state index contributed by atoms with van der Waals surface area (Å²) in [6, 6.07) is 7.53. The quantitative estimate of drug-likeness (QED) is 0.243. The Morgan fingerprint density at radius 1 is 1.12 bits per heavy atom. The Hall–Kier alpha value is -3.52. The van der Waals surface area contributed by atoms with Crippen LogP contribution in [0.15, 0.2) is 51.7 Å². The van der Waals surface area contributed by atoms with E-state index >= 15 is 0 Å². The summed E-state index contributed by atoms with van der Waals surface area (Å²) >= 11 is 3.57. The zero-order valence-electron chi connectivity index (χ0n) is 22.1. The summed E-state index contributed by atoms with van der Waals surface area (Å²) in [6.45, 7) is 4.21. The second kappa shape index (κ2) is 11.2. The second-order valence-electron chi connectivity index (χ2n) is 9.04. The Bertz CT molecular complexity index is 1630. The van der Waals surface area contributed by atoms with Crippen molar-refractivity contribution in [3.8, 4) is 22.3 Å². The van der Waals surface area contributed by atoms with Crippen LogP contribution in [-0.2, 0) is 23.0 Å². The number of fused-ring (bicyclic) bond motifs is 1. The number of halogens is 4. The third kappa shape index (κ3) is 5.29. The number of hydrogen-bond donors (Lipinski definition) is 2. The van der Waals surface area contributed by atoms with Gasteiger partial charge in [-0.05, 0) is 46.1 Å². The van der Waals surface area contributed by atoms with Crippen LogP contribution in [-0.4, -0.2) is 50.0 Å². The predicted molar refractivity (Wildman–Crippen MR) is 150 cm³/mol. The Labute approximate surface area is 237 Å². The first-order valence-electron chi connectivity index (χ1n) is 12.2. The van der Waals surface area contributed by atoms with Crippen LogP contribution in [0, 0.1) is 0 Å². The normalized spacial score (nSPS) is 12.1. The Morgan fingerprint density at radius 2 is 1.82 bits per heavy atom. The lowest BCUT2D eigenvalue weighted by atomic mass is 10.0. The number of para-hydroxylation sites is 1. The maximum atomic E-state index is 13.3. The van der Waals surface area contributed by atoms with Crippen LogP contribution in [0.1, 0.15) is 35.7 Å². The van der Waals surface area contributed by atoms with Crippen molar-refractivity contribution < 1.29 is 30.8 Å². The molecule has 1 aliphatic heterocycles. The highest BCUT2D eigenvalue weighted by molar-refractivity contribution is 9.10. The number of nitrogens with zero attached hydrogens (tertiary/aromatic N) is 3. The number of aryl methyl sites for hydroxylation is 1. The first kappa shape index (κ1) is 29.5. The number of anilines is 2.